The van der Waals surface area contributed by atoms with E-state index in [0.717, 1.165) is 39.2 Å². The summed E-state index contributed by atoms with van der Waals surface area (Å²) in [5.74, 6) is 1.95. The summed E-state index contributed by atoms with van der Waals surface area (Å²) >= 11 is 0. The molecule has 4 heteroatoms. The van der Waals surface area contributed by atoms with Crippen molar-refractivity contribution in [3.05, 3.63) is 121 Å². The molecule has 0 saturated carbocycles. The van der Waals surface area contributed by atoms with Crippen LogP contribution in [-0.4, -0.2) is 15.0 Å². The molecule has 0 fully saturated rings. The molecule has 5 rings (SSSR count). The van der Waals surface area contributed by atoms with Crippen LogP contribution in [0.25, 0.3) is 45.3 Å². The molecule has 0 atom stereocenters. The van der Waals surface area contributed by atoms with E-state index in [-0.39, 0.29) is 0 Å². The Morgan fingerprint density at radius 1 is 0.529 bits per heavy atom. The van der Waals surface area contributed by atoms with Crippen LogP contribution >= 0.6 is 0 Å². The van der Waals surface area contributed by atoms with E-state index < -0.39 is 0 Å². The summed E-state index contributed by atoms with van der Waals surface area (Å²) in [5, 5.41) is 3.29. The number of anilines is 1. The van der Waals surface area contributed by atoms with Gasteiger partial charge in [-0.1, -0.05) is 97.6 Å². The van der Waals surface area contributed by atoms with Crippen molar-refractivity contribution >= 4 is 5.69 Å². The van der Waals surface area contributed by atoms with Crippen molar-refractivity contribution < 1.29 is 0 Å². The lowest BCUT2D eigenvalue weighted by Gasteiger charge is -2.11. The number of allylic oxidation sites excluding steroid dienone is 1. The lowest BCUT2D eigenvalue weighted by molar-refractivity contribution is 1.07. The van der Waals surface area contributed by atoms with Crippen LogP contribution in [-0.2, 0) is 0 Å². The molecule has 5 aromatic rings. The van der Waals surface area contributed by atoms with Gasteiger partial charge in [0, 0.05) is 28.1 Å². The maximum Gasteiger partial charge on any atom is 0.164 e. The minimum Gasteiger partial charge on any atom is -0.360 e. The zero-order chi connectivity index (χ0) is 23.3. The highest BCUT2D eigenvalue weighted by Crippen LogP contribution is 2.29. The second-order valence-electron chi connectivity index (χ2n) is 8.11. The molecular formula is C30H24N4. The normalized spacial score (nSPS) is 10.6. The molecular weight excluding hydrogens is 416 g/mol. The Bertz CT molecular complexity index is 1390. The molecule has 1 heterocycles. The molecule has 4 nitrogen and oxygen atoms in total. The molecule has 0 radical (unpaired) electrons. The SMILES string of the molecule is C=C(C)Nc1cccc(-c2cccc(-c3nc(-c4ccccc4)nc(-c4ccccc4)n3)c2)c1. The average Bonchev–Trinajstić information content (AvgIpc) is 2.89. The van der Waals surface area contributed by atoms with Crippen LogP contribution in [0, 0.1) is 0 Å². The van der Waals surface area contributed by atoms with Gasteiger partial charge in [-0.05, 0) is 36.2 Å². The minimum absolute atomic E-state index is 0.644. The maximum absolute atomic E-state index is 4.84. The Balaban J connectivity index is 1.61. The molecule has 0 aliphatic heterocycles. The van der Waals surface area contributed by atoms with E-state index >= 15 is 0 Å². The number of hydrogen-bond acceptors (Lipinski definition) is 4. The van der Waals surface area contributed by atoms with Crippen LogP contribution in [0.4, 0.5) is 5.69 Å². The maximum atomic E-state index is 4.84. The average molecular weight is 441 g/mol. The van der Waals surface area contributed by atoms with Crippen LogP contribution in [0.1, 0.15) is 6.92 Å². The van der Waals surface area contributed by atoms with Crippen molar-refractivity contribution in [2.75, 3.05) is 5.32 Å². The standard InChI is InChI=1S/C30H24N4/c1-21(2)31-27-18-10-16-25(20-27)24-15-9-17-26(19-24)30-33-28(22-11-5-3-6-12-22)32-29(34-30)23-13-7-4-8-14-23/h3-20,31H,1H2,2H3. The molecule has 0 aliphatic carbocycles. The van der Waals surface area contributed by atoms with Crippen LogP contribution in [0.15, 0.2) is 121 Å². The second-order valence-corrected chi connectivity index (χ2v) is 8.11. The van der Waals surface area contributed by atoms with Gasteiger partial charge in [0.1, 0.15) is 0 Å². The van der Waals surface area contributed by atoms with E-state index in [1.54, 1.807) is 0 Å². The highest BCUT2D eigenvalue weighted by molar-refractivity contribution is 5.74. The summed E-state index contributed by atoms with van der Waals surface area (Å²) in [4.78, 5) is 14.5. The van der Waals surface area contributed by atoms with E-state index in [9.17, 15) is 0 Å². The van der Waals surface area contributed by atoms with Gasteiger partial charge in [-0.2, -0.15) is 0 Å². The largest absolute Gasteiger partial charge is 0.360 e. The molecule has 1 N–H and O–H groups in total. The van der Waals surface area contributed by atoms with Crippen molar-refractivity contribution in [1.29, 1.82) is 0 Å². The summed E-state index contributed by atoms with van der Waals surface area (Å²) in [7, 11) is 0. The lowest BCUT2D eigenvalue weighted by Crippen LogP contribution is -2.00. The molecule has 34 heavy (non-hydrogen) atoms. The van der Waals surface area contributed by atoms with E-state index in [4.69, 9.17) is 15.0 Å². The molecule has 0 amide bonds. The van der Waals surface area contributed by atoms with Gasteiger partial charge in [0.05, 0.1) is 0 Å². The Morgan fingerprint density at radius 2 is 0.971 bits per heavy atom. The third kappa shape index (κ3) is 4.76. The Morgan fingerprint density at radius 3 is 1.53 bits per heavy atom. The van der Waals surface area contributed by atoms with E-state index in [1.165, 1.54) is 0 Å². The first-order chi connectivity index (χ1) is 16.7. The molecule has 0 saturated heterocycles. The monoisotopic (exact) mass is 440 g/mol. The van der Waals surface area contributed by atoms with Gasteiger partial charge in [0.15, 0.2) is 17.5 Å². The molecule has 1 aromatic heterocycles. The highest BCUT2D eigenvalue weighted by atomic mass is 15.0. The first-order valence-electron chi connectivity index (χ1n) is 11.2. The van der Waals surface area contributed by atoms with Gasteiger partial charge >= 0.3 is 0 Å². The van der Waals surface area contributed by atoms with E-state index in [1.807, 2.05) is 91.9 Å². The summed E-state index contributed by atoms with van der Waals surface area (Å²) in [6.07, 6.45) is 0. The molecule has 0 unspecified atom stereocenters. The fourth-order valence-corrected chi connectivity index (χ4v) is 3.80. The summed E-state index contributed by atoms with van der Waals surface area (Å²) in [5.41, 5.74) is 6.95. The van der Waals surface area contributed by atoms with Gasteiger partial charge < -0.3 is 5.32 Å². The van der Waals surface area contributed by atoms with Crippen LogP contribution in [0.5, 0.6) is 0 Å². The number of benzene rings is 4. The topological polar surface area (TPSA) is 50.7 Å². The first kappa shape index (κ1) is 21.3. The Kier molecular flexibility index (Phi) is 5.95. The summed E-state index contributed by atoms with van der Waals surface area (Å²) < 4.78 is 0. The summed E-state index contributed by atoms with van der Waals surface area (Å²) in [6, 6.07) is 36.6. The Hall–Kier alpha value is -4.57. The number of nitrogens with zero attached hydrogens (tertiary/aromatic N) is 3. The van der Waals surface area contributed by atoms with Crippen molar-refractivity contribution in [2.45, 2.75) is 6.92 Å². The van der Waals surface area contributed by atoms with Gasteiger partial charge in [0.25, 0.3) is 0 Å². The molecule has 0 aliphatic rings. The van der Waals surface area contributed by atoms with Crippen molar-refractivity contribution in [3.63, 3.8) is 0 Å². The van der Waals surface area contributed by atoms with Gasteiger partial charge in [0.2, 0.25) is 0 Å². The quantitative estimate of drug-likeness (QED) is 0.297. The second kappa shape index (κ2) is 9.51. The summed E-state index contributed by atoms with van der Waals surface area (Å²) in [6.45, 7) is 5.89. The fraction of sp³-hybridized carbons (Fsp3) is 0.0333. The predicted octanol–water partition coefficient (Wildman–Crippen LogP) is 7.49. The number of aromatic nitrogens is 3. The van der Waals surface area contributed by atoms with Gasteiger partial charge in [-0.3, -0.25) is 0 Å². The fourth-order valence-electron chi connectivity index (χ4n) is 3.80. The Labute approximate surface area is 199 Å². The van der Waals surface area contributed by atoms with Crippen molar-refractivity contribution in [1.82, 2.24) is 15.0 Å². The first-order valence-corrected chi connectivity index (χ1v) is 11.2. The molecule has 0 spiro atoms. The number of hydrogen-bond donors (Lipinski definition) is 1. The smallest absolute Gasteiger partial charge is 0.164 e. The van der Waals surface area contributed by atoms with Crippen molar-refractivity contribution in [2.24, 2.45) is 0 Å². The van der Waals surface area contributed by atoms with Crippen LogP contribution < -0.4 is 5.32 Å². The third-order valence-corrected chi connectivity index (χ3v) is 5.37. The van der Waals surface area contributed by atoms with Crippen LogP contribution in [0.3, 0.4) is 0 Å². The zero-order valence-electron chi connectivity index (χ0n) is 18.9. The molecule has 164 valence electrons. The van der Waals surface area contributed by atoms with Crippen LogP contribution in [0.2, 0.25) is 0 Å². The highest BCUT2D eigenvalue weighted by Gasteiger charge is 2.12. The molecule has 0 bridgehead atoms. The van der Waals surface area contributed by atoms with E-state index in [0.29, 0.717) is 17.5 Å². The number of rotatable bonds is 6. The van der Waals surface area contributed by atoms with Gasteiger partial charge in [-0.25, -0.2) is 15.0 Å². The van der Waals surface area contributed by atoms with Gasteiger partial charge in [-0.15, -0.1) is 0 Å². The molecule has 4 aromatic carbocycles. The predicted molar refractivity (Wildman–Crippen MR) is 140 cm³/mol. The lowest BCUT2D eigenvalue weighted by atomic mass is 10.0. The minimum atomic E-state index is 0.644. The third-order valence-electron chi connectivity index (χ3n) is 5.37. The van der Waals surface area contributed by atoms with E-state index in [2.05, 4.69) is 36.2 Å². The van der Waals surface area contributed by atoms with Crippen molar-refractivity contribution in [3.8, 4) is 45.3 Å². The zero-order valence-corrected chi connectivity index (χ0v) is 18.9. The number of nitrogens with one attached hydrogen (secondary N) is 1.